The van der Waals surface area contributed by atoms with Crippen LogP contribution in [-0.4, -0.2) is 68.7 Å². The summed E-state index contributed by atoms with van der Waals surface area (Å²) < 4.78 is 34.6. The van der Waals surface area contributed by atoms with E-state index < -0.39 is 16.1 Å². The van der Waals surface area contributed by atoms with Gasteiger partial charge in [0.25, 0.3) is 0 Å². The quantitative estimate of drug-likeness (QED) is 0.763. The second-order valence-corrected chi connectivity index (χ2v) is 10.2. The van der Waals surface area contributed by atoms with Gasteiger partial charge in [0, 0.05) is 25.0 Å². The van der Waals surface area contributed by atoms with Crippen LogP contribution in [0.15, 0.2) is 47.4 Å². The van der Waals surface area contributed by atoms with Crippen LogP contribution >= 0.6 is 0 Å². The summed E-state index contributed by atoms with van der Waals surface area (Å²) in [6.07, 6.45) is -0.228. The van der Waals surface area contributed by atoms with Crippen molar-refractivity contribution in [2.24, 2.45) is 5.92 Å². The maximum atomic E-state index is 13.5. The van der Waals surface area contributed by atoms with Crippen molar-refractivity contribution >= 4 is 10.0 Å². The van der Waals surface area contributed by atoms with Gasteiger partial charge in [0.05, 0.1) is 18.2 Å². The first kappa shape index (κ1) is 23.2. The van der Waals surface area contributed by atoms with E-state index in [1.54, 1.807) is 37.3 Å². The summed E-state index contributed by atoms with van der Waals surface area (Å²) in [5.41, 5.74) is 2.22. The van der Waals surface area contributed by atoms with E-state index in [1.807, 2.05) is 38.1 Å². The molecule has 1 heterocycles. The summed E-state index contributed by atoms with van der Waals surface area (Å²) in [7, 11) is 0.0476. The maximum absolute atomic E-state index is 13.5. The van der Waals surface area contributed by atoms with E-state index in [9.17, 15) is 13.5 Å². The minimum atomic E-state index is -3.86. The average molecular weight is 444 g/mol. The van der Waals surface area contributed by atoms with E-state index >= 15 is 0 Å². The van der Waals surface area contributed by atoms with Crippen molar-refractivity contribution in [3.05, 3.63) is 48.0 Å². The monoisotopic (exact) mass is 443 g/mol. The molecule has 2 aromatic carbocycles. The van der Waals surface area contributed by atoms with Crippen molar-refractivity contribution in [1.29, 1.82) is 5.26 Å². The van der Waals surface area contributed by atoms with Gasteiger partial charge in [-0.3, -0.25) is 0 Å². The fraction of sp³-hybridized carbons (Fsp3) is 0.435. The SMILES string of the molecule is C[C@H]1CN([C@@H](C)CO)S(=O)(=O)c2ccc(-c3ccc(C#N)cc3)cc2O[C@H]1CN(C)C. The Kier molecular flexibility index (Phi) is 7.02. The fourth-order valence-corrected chi connectivity index (χ4v) is 5.55. The number of hydrogen-bond acceptors (Lipinski definition) is 6. The molecule has 0 spiro atoms. The minimum absolute atomic E-state index is 0.0853. The molecule has 0 fully saturated rings. The zero-order valence-electron chi connectivity index (χ0n) is 18.3. The molecule has 0 radical (unpaired) electrons. The van der Waals surface area contributed by atoms with Gasteiger partial charge in [-0.1, -0.05) is 25.1 Å². The highest BCUT2D eigenvalue weighted by atomic mass is 32.2. The largest absolute Gasteiger partial charge is 0.487 e. The van der Waals surface area contributed by atoms with Crippen LogP contribution in [0.2, 0.25) is 0 Å². The molecule has 3 atom stereocenters. The Morgan fingerprint density at radius 1 is 1.23 bits per heavy atom. The Morgan fingerprint density at radius 3 is 2.45 bits per heavy atom. The van der Waals surface area contributed by atoms with Crippen molar-refractivity contribution < 1.29 is 18.3 Å². The molecular weight excluding hydrogens is 414 g/mol. The number of benzene rings is 2. The van der Waals surface area contributed by atoms with Crippen molar-refractivity contribution in [2.45, 2.75) is 30.9 Å². The molecule has 7 nitrogen and oxygen atoms in total. The zero-order valence-corrected chi connectivity index (χ0v) is 19.1. The Bertz CT molecular complexity index is 1060. The van der Waals surface area contributed by atoms with Crippen LogP contribution in [0.4, 0.5) is 0 Å². The normalized spacial score (nSPS) is 22.0. The Labute approximate surface area is 184 Å². The first-order chi connectivity index (χ1) is 14.7. The number of nitriles is 1. The summed E-state index contributed by atoms with van der Waals surface area (Å²) in [6, 6.07) is 13.7. The molecule has 166 valence electrons. The number of ether oxygens (including phenoxy) is 1. The molecule has 0 saturated carbocycles. The van der Waals surface area contributed by atoms with Gasteiger partial charge >= 0.3 is 0 Å². The highest BCUT2D eigenvalue weighted by Crippen LogP contribution is 2.36. The van der Waals surface area contributed by atoms with Crippen LogP contribution in [0.5, 0.6) is 5.75 Å². The third-order valence-corrected chi connectivity index (χ3v) is 7.58. The van der Waals surface area contributed by atoms with Gasteiger partial charge in [-0.2, -0.15) is 9.57 Å². The zero-order chi connectivity index (χ0) is 22.8. The number of likely N-dealkylation sites (N-methyl/N-ethyl adjacent to an activating group) is 1. The molecule has 0 aliphatic carbocycles. The molecule has 1 aliphatic rings. The number of sulfonamides is 1. The van der Waals surface area contributed by atoms with Crippen LogP contribution in [0, 0.1) is 17.2 Å². The van der Waals surface area contributed by atoms with E-state index in [-0.39, 0.29) is 30.1 Å². The molecule has 1 N–H and O–H groups in total. The minimum Gasteiger partial charge on any atom is -0.487 e. The smallest absolute Gasteiger partial charge is 0.247 e. The van der Waals surface area contributed by atoms with Crippen molar-refractivity contribution in [2.75, 3.05) is 33.8 Å². The fourth-order valence-electron chi connectivity index (χ4n) is 3.72. The molecule has 0 bridgehead atoms. The summed E-state index contributed by atoms with van der Waals surface area (Å²) in [6.45, 7) is 4.31. The molecule has 0 unspecified atom stereocenters. The summed E-state index contributed by atoms with van der Waals surface area (Å²) in [5, 5.41) is 18.7. The van der Waals surface area contributed by atoms with Crippen LogP contribution < -0.4 is 4.74 Å². The number of nitrogens with zero attached hydrogens (tertiary/aromatic N) is 3. The Hall–Kier alpha value is -2.44. The van der Waals surface area contributed by atoms with Gasteiger partial charge in [0.15, 0.2) is 0 Å². The second-order valence-electron chi connectivity index (χ2n) is 8.35. The maximum Gasteiger partial charge on any atom is 0.247 e. The highest BCUT2D eigenvalue weighted by molar-refractivity contribution is 7.89. The molecule has 8 heteroatoms. The second kappa shape index (κ2) is 9.37. The van der Waals surface area contributed by atoms with Gasteiger partial charge in [0.1, 0.15) is 16.7 Å². The van der Waals surface area contributed by atoms with E-state index in [0.717, 1.165) is 11.1 Å². The summed E-state index contributed by atoms with van der Waals surface area (Å²) in [4.78, 5) is 2.11. The predicted molar refractivity (Wildman–Crippen MR) is 119 cm³/mol. The Morgan fingerprint density at radius 2 is 1.87 bits per heavy atom. The van der Waals surface area contributed by atoms with E-state index in [4.69, 9.17) is 10.00 Å². The average Bonchev–Trinajstić information content (AvgIpc) is 2.75. The molecule has 3 rings (SSSR count). The first-order valence-corrected chi connectivity index (χ1v) is 11.7. The number of aliphatic hydroxyl groups is 1. The van der Waals surface area contributed by atoms with Crippen LogP contribution in [0.25, 0.3) is 11.1 Å². The van der Waals surface area contributed by atoms with Crippen LogP contribution in [0.1, 0.15) is 19.4 Å². The molecule has 2 aromatic rings. The van der Waals surface area contributed by atoms with E-state index in [2.05, 4.69) is 6.07 Å². The Balaban J connectivity index is 2.13. The van der Waals surface area contributed by atoms with Crippen molar-refractivity contribution in [1.82, 2.24) is 9.21 Å². The predicted octanol–water partition coefficient (Wildman–Crippen LogP) is 2.56. The van der Waals surface area contributed by atoms with Gasteiger partial charge < -0.3 is 14.7 Å². The molecule has 0 amide bonds. The van der Waals surface area contributed by atoms with Gasteiger partial charge in [-0.05, 0) is 56.4 Å². The molecule has 0 aromatic heterocycles. The summed E-state index contributed by atoms with van der Waals surface area (Å²) in [5.74, 6) is 0.216. The van der Waals surface area contributed by atoms with Crippen molar-refractivity contribution in [3.63, 3.8) is 0 Å². The third kappa shape index (κ3) is 4.91. The summed E-state index contributed by atoms with van der Waals surface area (Å²) >= 11 is 0. The topological polar surface area (TPSA) is 93.9 Å². The molecular formula is C23H29N3O4S. The van der Waals surface area contributed by atoms with E-state index in [1.165, 1.54) is 4.31 Å². The van der Waals surface area contributed by atoms with Crippen LogP contribution in [0.3, 0.4) is 0 Å². The van der Waals surface area contributed by atoms with Crippen LogP contribution in [-0.2, 0) is 10.0 Å². The van der Waals surface area contributed by atoms with Crippen molar-refractivity contribution in [3.8, 4) is 22.9 Å². The molecule has 0 saturated heterocycles. The van der Waals surface area contributed by atoms with Gasteiger partial charge in [-0.25, -0.2) is 8.42 Å². The molecule has 31 heavy (non-hydrogen) atoms. The van der Waals surface area contributed by atoms with Gasteiger partial charge in [0.2, 0.25) is 10.0 Å². The lowest BCUT2D eigenvalue weighted by Crippen LogP contribution is -2.49. The standard InChI is InChI=1S/C23H29N3O4S/c1-16-13-26(17(2)15-27)31(28,29)23-10-9-20(19-7-5-18(12-24)6-8-19)11-21(23)30-22(16)14-25(3)4/h5-11,16-17,22,27H,13-15H2,1-4H3/t16-,17-,22-/m0/s1. The number of fused-ring (bicyclic) bond motifs is 1. The lowest BCUT2D eigenvalue weighted by molar-refractivity contribution is 0.0813. The number of hydrogen-bond donors (Lipinski definition) is 1. The lowest BCUT2D eigenvalue weighted by Gasteiger charge is -2.37. The number of rotatable bonds is 5. The highest BCUT2D eigenvalue weighted by Gasteiger charge is 2.37. The number of aliphatic hydroxyl groups excluding tert-OH is 1. The lowest BCUT2D eigenvalue weighted by atomic mass is 10.0. The van der Waals surface area contributed by atoms with Gasteiger partial charge in [-0.15, -0.1) is 0 Å². The third-order valence-electron chi connectivity index (χ3n) is 5.56. The first-order valence-electron chi connectivity index (χ1n) is 10.3. The molecule has 1 aliphatic heterocycles. The van der Waals surface area contributed by atoms with E-state index in [0.29, 0.717) is 17.9 Å².